The van der Waals surface area contributed by atoms with Gasteiger partial charge in [-0.3, -0.25) is 4.79 Å². The zero-order chi connectivity index (χ0) is 13.0. The van der Waals surface area contributed by atoms with Crippen LogP contribution in [0.15, 0.2) is 22.9 Å². The summed E-state index contributed by atoms with van der Waals surface area (Å²) < 4.78 is 0. The molecule has 0 aliphatic rings. The van der Waals surface area contributed by atoms with E-state index in [4.69, 9.17) is 23.2 Å². The number of hydrogen-bond donors (Lipinski definition) is 0. The summed E-state index contributed by atoms with van der Waals surface area (Å²) in [5, 5.41) is 5.45. The lowest BCUT2D eigenvalue weighted by atomic mass is 10.1. The van der Waals surface area contributed by atoms with E-state index in [1.54, 1.807) is 22.7 Å². The molecular weight excluding hydrogens is 307 g/mol. The summed E-state index contributed by atoms with van der Waals surface area (Å²) in [5.41, 5.74) is 0. The second-order valence-corrected chi connectivity index (χ2v) is 6.74. The zero-order valence-corrected chi connectivity index (χ0v) is 12.8. The van der Waals surface area contributed by atoms with Gasteiger partial charge in [-0.1, -0.05) is 23.2 Å². The van der Waals surface area contributed by atoms with Gasteiger partial charge in [0.1, 0.15) is 5.78 Å². The van der Waals surface area contributed by atoms with Gasteiger partial charge in [-0.25, -0.2) is 0 Å². The van der Waals surface area contributed by atoms with Crippen LogP contribution in [0.5, 0.6) is 0 Å². The summed E-state index contributed by atoms with van der Waals surface area (Å²) in [4.78, 5) is 14.0. The van der Waals surface area contributed by atoms with Crippen molar-refractivity contribution in [2.24, 2.45) is 0 Å². The quantitative estimate of drug-likeness (QED) is 0.710. The summed E-state index contributed by atoms with van der Waals surface area (Å²) in [6, 6.07) is 3.74. The summed E-state index contributed by atoms with van der Waals surface area (Å²) in [5.74, 6) is 0.268. The second kappa shape index (κ2) is 6.71. The Morgan fingerprint density at radius 3 is 1.72 bits per heavy atom. The molecule has 0 radical (unpaired) electrons. The minimum Gasteiger partial charge on any atom is -0.300 e. The topological polar surface area (TPSA) is 17.1 Å². The predicted octanol–water partition coefficient (Wildman–Crippen LogP) is 5.25. The maximum Gasteiger partial charge on any atom is 0.133 e. The van der Waals surface area contributed by atoms with E-state index in [1.165, 1.54) is 0 Å². The van der Waals surface area contributed by atoms with Crippen molar-refractivity contribution >= 4 is 51.7 Å². The van der Waals surface area contributed by atoms with Gasteiger partial charge < -0.3 is 0 Å². The first-order valence-electron chi connectivity index (χ1n) is 5.62. The van der Waals surface area contributed by atoms with Crippen LogP contribution in [-0.4, -0.2) is 5.78 Å². The smallest absolute Gasteiger partial charge is 0.133 e. The summed E-state index contributed by atoms with van der Waals surface area (Å²) in [6.45, 7) is 0. The first kappa shape index (κ1) is 14.1. The van der Waals surface area contributed by atoms with E-state index in [1.807, 2.05) is 22.9 Å². The number of Topliss-reactive ketones (excluding diaryl/α,β-unsaturated/α-hetero) is 1. The van der Waals surface area contributed by atoms with E-state index < -0.39 is 0 Å². The fourth-order valence-electron chi connectivity index (χ4n) is 1.64. The molecule has 0 saturated heterocycles. The number of halogens is 2. The fourth-order valence-corrected chi connectivity index (χ4v) is 3.91. The molecule has 0 spiro atoms. The molecule has 2 aromatic rings. The molecule has 0 bridgehead atoms. The maximum atomic E-state index is 11.8. The first-order valence-corrected chi connectivity index (χ1v) is 8.14. The van der Waals surface area contributed by atoms with E-state index in [-0.39, 0.29) is 5.78 Å². The van der Waals surface area contributed by atoms with Gasteiger partial charge in [-0.2, -0.15) is 0 Å². The van der Waals surface area contributed by atoms with Gasteiger partial charge in [0.05, 0.1) is 10.0 Å². The number of carbonyl (C=O) groups is 1. The lowest BCUT2D eigenvalue weighted by Crippen LogP contribution is -2.01. The van der Waals surface area contributed by atoms with E-state index in [9.17, 15) is 4.79 Å². The van der Waals surface area contributed by atoms with Crippen LogP contribution in [0, 0.1) is 0 Å². The lowest BCUT2D eigenvalue weighted by molar-refractivity contribution is -0.119. The van der Waals surface area contributed by atoms with Gasteiger partial charge >= 0.3 is 0 Å². The molecular formula is C13H12Cl2OS2. The van der Waals surface area contributed by atoms with Crippen LogP contribution in [0.2, 0.25) is 10.0 Å². The standard InChI is InChI=1S/C13H12Cl2OS2/c14-10-5-7-17-12(10)3-1-9(16)2-4-13-11(15)6-8-18-13/h5-8H,1-4H2. The average molecular weight is 319 g/mol. The number of thiophene rings is 2. The molecule has 2 aromatic heterocycles. The van der Waals surface area contributed by atoms with Gasteiger partial charge in [0.25, 0.3) is 0 Å². The molecule has 0 N–H and O–H groups in total. The van der Waals surface area contributed by atoms with Crippen molar-refractivity contribution in [3.05, 3.63) is 42.7 Å². The van der Waals surface area contributed by atoms with Crippen LogP contribution >= 0.6 is 45.9 Å². The molecule has 96 valence electrons. The first-order chi connectivity index (χ1) is 8.66. The second-order valence-electron chi connectivity index (χ2n) is 3.92. The predicted molar refractivity (Wildman–Crippen MR) is 80.3 cm³/mol. The van der Waals surface area contributed by atoms with Crippen molar-refractivity contribution in [1.29, 1.82) is 0 Å². The molecule has 0 aromatic carbocycles. The van der Waals surface area contributed by atoms with E-state index in [0.29, 0.717) is 12.8 Å². The number of ketones is 1. The van der Waals surface area contributed by atoms with Crippen molar-refractivity contribution in [2.75, 3.05) is 0 Å². The van der Waals surface area contributed by atoms with Crippen LogP contribution < -0.4 is 0 Å². The van der Waals surface area contributed by atoms with Crippen molar-refractivity contribution in [1.82, 2.24) is 0 Å². The number of hydrogen-bond acceptors (Lipinski definition) is 3. The summed E-state index contributed by atoms with van der Waals surface area (Å²) in [6.07, 6.45) is 2.60. The molecule has 0 saturated carbocycles. The number of carbonyl (C=O) groups excluding carboxylic acids is 1. The third kappa shape index (κ3) is 3.82. The molecule has 0 fully saturated rings. The monoisotopic (exact) mass is 318 g/mol. The Hall–Kier alpha value is -0.350. The zero-order valence-electron chi connectivity index (χ0n) is 9.62. The highest BCUT2D eigenvalue weighted by Crippen LogP contribution is 2.25. The fraction of sp³-hybridized carbons (Fsp3) is 0.308. The Bertz CT molecular complexity index is 484. The van der Waals surface area contributed by atoms with Crippen LogP contribution in [0.1, 0.15) is 22.6 Å². The molecule has 0 amide bonds. The van der Waals surface area contributed by atoms with Gasteiger partial charge in [-0.15, -0.1) is 22.7 Å². The minimum atomic E-state index is 0.268. The molecule has 0 aliphatic heterocycles. The SMILES string of the molecule is O=C(CCc1sccc1Cl)CCc1sccc1Cl. The van der Waals surface area contributed by atoms with Crippen molar-refractivity contribution in [3.63, 3.8) is 0 Å². The summed E-state index contributed by atoms with van der Waals surface area (Å²) in [7, 11) is 0. The van der Waals surface area contributed by atoms with Gasteiger partial charge in [0.2, 0.25) is 0 Å². The molecule has 2 rings (SSSR count). The van der Waals surface area contributed by atoms with Crippen molar-refractivity contribution in [2.45, 2.75) is 25.7 Å². The van der Waals surface area contributed by atoms with E-state index in [2.05, 4.69) is 0 Å². The highest BCUT2D eigenvalue weighted by molar-refractivity contribution is 7.10. The Kier molecular flexibility index (Phi) is 5.25. The highest BCUT2D eigenvalue weighted by atomic mass is 35.5. The molecule has 1 nitrogen and oxygen atoms in total. The van der Waals surface area contributed by atoms with Crippen LogP contribution in [0.25, 0.3) is 0 Å². The van der Waals surface area contributed by atoms with Crippen molar-refractivity contribution in [3.8, 4) is 0 Å². The third-order valence-corrected chi connectivity index (χ3v) is 5.54. The van der Waals surface area contributed by atoms with Crippen molar-refractivity contribution < 1.29 is 4.79 Å². The van der Waals surface area contributed by atoms with E-state index in [0.717, 1.165) is 32.6 Å². The van der Waals surface area contributed by atoms with Gasteiger partial charge in [0.15, 0.2) is 0 Å². The average Bonchev–Trinajstić information content (AvgIpc) is 2.93. The maximum absolute atomic E-state index is 11.8. The van der Waals surface area contributed by atoms with E-state index >= 15 is 0 Å². The van der Waals surface area contributed by atoms with Gasteiger partial charge in [0, 0.05) is 22.6 Å². The molecule has 2 heterocycles. The number of aryl methyl sites for hydroxylation is 2. The normalized spacial score (nSPS) is 10.8. The molecule has 5 heteroatoms. The van der Waals surface area contributed by atoms with Crippen LogP contribution in [0.3, 0.4) is 0 Å². The molecule has 0 atom stereocenters. The lowest BCUT2D eigenvalue weighted by Gasteiger charge is -2.00. The Morgan fingerprint density at radius 1 is 0.944 bits per heavy atom. The highest BCUT2D eigenvalue weighted by Gasteiger charge is 2.08. The van der Waals surface area contributed by atoms with Gasteiger partial charge in [-0.05, 0) is 35.7 Å². The minimum absolute atomic E-state index is 0.268. The Balaban J connectivity index is 1.76. The summed E-state index contributed by atoms with van der Waals surface area (Å²) >= 11 is 15.2. The third-order valence-electron chi connectivity index (χ3n) is 2.64. The largest absolute Gasteiger partial charge is 0.300 e. The molecule has 18 heavy (non-hydrogen) atoms. The molecule has 0 aliphatic carbocycles. The Morgan fingerprint density at radius 2 is 1.39 bits per heavy atom. The van der Waals surface area contributed by atoms with Crippen LogP contribution in [-0.2, 0) is 17.6 Å². The number of rotatable bonds is 6. The molecule has 0 unspecified atom stereocenters. The Labute approximate surface area is 124 Å². The van der Waals surface area contributed by atoms with Crippen LogP contribution in [0.4, 0.5) is 0 Å².